The Hall–Kier alpha value is -4.91. The zero-order chi connectivity index (χ0) is 32.6. The molecule has 0 bridgehead atoms. The summed E-state index contributed by atoms with van der Waals surface area (Å²) in [4.78, 5) is 38.2. The van der Waals surface area contributed by atoms with Gasteiger partial charge in [0, 0.05) is 68.7 Å². The van der Waals surface area contributed by atoms with Gasteiger partial charge >= 0.3 is 11.9 Å². The van der Waals surface area contributed by atoms with Crippen LogP contribution in [0.4, 0.5) is 18.9 Å². The molecule has 0 N–H and O–H groups in total. The van der Waals surface area contributed by atoms with Gasteiger partial charge in [0.05, 0.1) is 54.1 Å². The highest BCUT2D eigenvalue weighted by molar-refractivity contribution is 6.04. The zero-order valence-corrected chi connectivity index (χ0v) is 25.7. The Bertz CT molecular complexity index is 1960. The molecular weight excluding hydrogens is 601 g/mol. The van der Waals surface area contributed by atoms with Gasteiger partial charge in [0.2, 0.25) is 11.8 Å². The number of halogens is 3. The van der Waals surface area contributed by atoms with E-state index in [1.807, 2.05) is 31.2 Å². The average molecular weight is 635 g/mol. The fourth-order valence-electron chi connectivity index (χ4n) is 5.91. The van der Waals surface area contributed by atoms with Gasteiger partial charge in [-0.05, 0) is 48.9 Å². The third-order valence-corrected chi connectivity index (χ3v) is 8.34. The van der Waals surface area contributed by atoms with Crippen LogP contribution in [-0.2, 0) is 22.8 Å². The molecule has 46 heavy (non-hydrogen) atoms. The number of fused-ring (bicyclic) bond motifs is 3. The van der Waals surface area contributed by atoms with Crippen LogP contribution in [0.25, 0.3) is 38.8 Å². The molecule has 4 heterocycles. The predicted molar refractivity (Wildman–Crippen MR) is 169 cm³/mol. The number of hydrogen-bond donors (Lipinski definition) is 0. The fourth-order valence-corrected chi connectivity index (χ4v) is 5.91. The third-order valence-electron chi connectivity index (χ3n) is 8.34. The highest BCUT2D eigenvalue weighted by atomic mass is 19.4. The van der Waals surface area contributed by atoms with E-state index < -0.39 is 17.4 Å². The molecule has 2 aromatic carbocycles. The van der Waals surface area contributed by atoms with Crippen molar-refractivity contribution in [1.82, 2.24) is 24.0 Å². The number of methoxy groups -OCH3 is 1. The van der Waals surface area contributed by atoms with E-state index in [0.717, 1.165) is 17.2 Å². The van der Waals surface area contributed by atoms with E-state index in [0.29, 0.717) is 54.1 Å². The Morgan fingerprint density at radius 3 is 2.39 bits per heavy atom. The van der Waals surface area contributed by atoms with Crippen LogP contribution in [0, 0.1) is 0 Å². The molecule has 0 aliphatic carbocycles. The minimum atomic E-state index is -4.69. The Balaban J connectivity index is 1.40. The summed E-state index contributed by atoms with van der Waals surface area (Å²) in [5.41, 5.74) is 1.83. The smallest absolute Gasteiger partial charge is 0.418 e. The number of benzene rings is 2. The van der Waals surface area contributed by atoms with Crippen LogP contribution in [0.5, 0.6) is 5.88 Å². The van der Waals surface area contributed by atoms with Crippen molar-refractivity contribution in [2.45, 2.75) is 19.5 Å². The first-order valence-corrected chi connectivity index (χ1v) is 14.9. The summed E-state index contributed by atoms with van der Waals surface area (Å²) in [7, 11) is 3.10. The maximum atomic E-state index is 14.6. The lowest BCUT2D eigenvalue weighted by molar-refractivity contribution is -0.137. The Kier molecular flexibility index (Phi) is 8.43. The molecule has 5 aromatic rings. The monoisotopic (exact) mass is 634 g/mol. The molecule has 6 rings (SSSR count). The summed E-state index contributed by atoms with van der Waals surface area (Å²) in [6.07, 6.45) is -1.24. The molecule has 13 heteroatoms. The van der Waals surface area contributed by atoms with Gasteiger partial charge in [-0.2, -0.15) is 13.2 Å². The molecule has 10 nitrogen and oxygen atoms in total. The molecule has 0 spiro atoms. The Morgan fingerprint density at radius 1 is 0.957 bits per heavy atom. The topological polar surface area (TPSA) is 94.7 Å². The number of ether oxygens (including phenoxy) is 2. The number of aromatic nitrogens is 4. The number of rotatable bonds is 8. The van der Waals surface area contributed by atoms with Gasteiger partial charge in [0.25, 0.3) is 0 Å². The minimum Gasteiger partial charge on any atom is -0.481 e. The molecule has 0 saturated carbocycles. The summed E-state index contributed by atoms with van der Waals surface area (Å²) in [6.45, 7) is 3.77. The first-order chi connectivity index (χ1) is 22.1. The van der Waals surface area contributed by atoms with E-state index in [4.69, 9.17) is 9.47 Å². The first-order valence-electron chi connectivity index (χ1n) is 14.9. The number of anilines is 1. The second-order valence-corrected chi connectivity index (χ2v) is 11.0. The number of nitrogens with zero attached hydrogens (tertiary/aromatic N) is 6. The number of carbonyl (C=O) groups excluding carboxylic acids is 1. The maximum Gasteiger partial charge on any atom is 0.418 e. The lowest BCUT2D eigenvalue weighted by Crippen LogP contribution is -2.49. The summed E-state index contributed by atoms with van der Waals surface area (Å²) in [6, 6.07) is 13.1. The normalized spacial score (nSPS) is 14.0. The third kappa shape index (κ3) is 5.78. The van der Waals surface area contributed by atoms with Crippen molar-refractivity contribution < 1.29 is 27.4 Å². The quantitative estimate of drug-likeness (QED) is 0.221. The van der Waals surface area contributed by atoms with E-state index in [1.54, 1.807) is 35.3 Å². The fraction of sp³-hybridized carbons (Fsp3) is 0.333. The molecule has 1 fully saturated rings. The molecule has 240 valence electrons. The molecule has 1 amide bonds. The van der Waals surface area contributed by atoms with E-state index in [-0.39, 0.29) is 36.8 Å². The van der Waals surface area contributed by atoms with Crippen molar-refractivity contribution in [1.29, 1.82) is 0 Å². The van der Waals surface area contributed by atoms with Crippen LogP contribution >= 0.6 is 0 Å². The standard InChI is InChI=1S/C33H33F3N6O4/c1-4-46-16-11-30(43)41-14-12-40(13-15-41)27-9-7-23(18-25(27)33(34,35)36)42-31-24-17-21(22-6-10-29(45-3)38-19-22)5-8-26(24)37-20-28(31)39(2)32(42)44/h5-10,17-20H,4,11-16H2,1-3H3. The number of hydrogen-bond acceptors (Lipinski definition) is 7. The van der Waals surface area contributed by atoms with Crippen LogP contribution in [0.15, 0.2) is 65.7 Å². The Morgan fingerprint density at radius 2 is 1.72 bits per heavy atom. The molecule has 3 aromatic heterocycles. The van der Waals surface area contributed by atoms with Crippen LogP contribution in [0.1, 0.15) is 18.9 Å². The van der Waals surface area contributed by atoms with Crippen LogP contribution in [0.3, 0.4) is 0 Å². The number of alkyl halides is 3. The number of amides is 1. The second-order valence-electron chi connectivity index (χ2n) is 11.0. The lowest BCUT2D eigenvalue weighted by Gasteiger charge is -2.37. The van der Waals surface area contributed by atoms with E-state index in [9.17, 15) is 22.8 Å². The largest absolute Gasteiger partial charge is 0.481 e. The number of piperazine rings is 1. The van der Waals surface area contributed by atoms with Gasteiger partial charge in [-0.25, -0.2) is 9.78 Å². The van der Waals surface area contributed by atoms with Crippen molar-refractivity contribution in [3.05, 3.63) is 77.0 Å². The number of imidazole rings is 1. The van der Waals surface area contributed by atoms with Gasteiger partial charge in [-0.15, -0.1) is 0 Å². The summed E-state index contributed by atoms with van der Waals surface area (Å²) < 4.78 is 57.0. The van der Waals surface area contributed by atoms with Crippen LogP contribution < -0.4 is 15.3 Å². The lowest BCUT2D eigenvalue weighted by atomic mass is 10.0. The van der Waals surface area contributed by atoms with E-state index in [1.165, 1.54) is 28.4 Å². The average Bonchev–Trinajstić information content (AvgIpc) is 3.33. The van der Waals surface area contributed by atoms with Gasteiger partial charge in [-0.3, -0.25) is 18.9 Å². The molecule has 1 aliphatic heterocycles. The maximum absolute atomic E-state index is 14.6. The molecular formula is C33H33F3N6O4. The van der Waals surface area contributed by atoms with Gasteiger partial charge in [-0.1, -0.05) is 6.07 Å². The molecule has 0 unspecified atom stereocenters. The molecule has 0 atom stereocenters. The number of carbonyl (C=O) groups is 1. The summed E-state index contributed by atoms with van der Waals surface area (Å²) >= 11 is 0. The van der Waals surface area contributed by atoms with Crippen LogP contribution in [0.2, 0.25) is 0 Å². The zero-order valence-electron chi connectivity index (χ0n) is 25.7. The first kappa shape index (κ1) is 31.1. The van der Waals surface area contributed by atoms with Crippen molar-refractivity contribution in [3.63, 3.8) is 0 Å². The van der Waals surface area contributed by atoms with Crippen LogP contribution in [-0.4, -0.2) is 76.4 Å². The summed E-state index contributed by atoms with van der Waals surface area (Å²) in [5, 5.41) is 0.603. The number of aryl methyl sites for hydroxylation is 1. The SMILES string of the molecule is CCOCCC(=O)N1CCN(c2ccc(-n3c(=O)n(C)c4cnc5ccc(-c6ccc(OC)nc6)cc5c43)cc2C(F)(F)F)CC1. The van der Waals surface area contributed by atoms with Crippen molar-refractivity contribution in [3.8, 4) is 22.7 Å². The van der Waals surface area contributed by atoms with E-state index in [2.05, 4.69) is 9.97 Å². The highest BCUT2D eigenvalue weighted by Gasteiger charge is 2.36. The Labute approximate surface area is 262 Å². The van der Waals surface area contributed by atoms with Crippen molar-refractivity contribution in [2.24, 2.45) is 7.05 Å². The summed E-state index contributed by atoms with van der Waals surface area (Å²) in [5.74, 6) is 0.380. The second kappa shape index (κ2) is 12.5. The van der Waals surface area contributed by atoms with Gasteiger partial charge in [0.1, 0.15) is 0 Å². The van der Waals surface area contributed by atoms with Crippen molar-refractivity contribution >= 4 is 33.5 Å². The molecule has 0 radical (unpaired) electrons. The van der Waals surface area contributed by atoms with E-state index >= 15 is 0 Å². The number of pyridine rings is 2. The highest BCUT2D eigenvalue weighted by Crippen LogP contribution is 2.39. The van der Waals surface area contributed by atoms with Crippen molar-refractivity contribution in [2.75, 3.05) is 51.4 Å². The molecule has 1 saturated heterocycles. The predicted octanol–water partition coefficient (Wildman–Crippen LogP) is 5.04. The van der Waals surface area contributed by atoms with Gasteiger partial charge < -0.3 is 19.3 Å². The minimum absolute atomic E-state index is 0.00627. The molecule has 1 aliphatic rings. The van der Waals surface area contributed by atoms with Gasteiger partial charge in [0.15, 0.2) is 0 Å².